The van der Waals surface area contributed by atoms with Gasteiger partial charge in [0.05, 0.1) is 0 Å². The van der Waals surface area contributed by atoms with Crippen LogP contribution < -0.4 is 4.90 Å². The van der Waals surface area contributed by atoms with Gasteiger partial charge in [0.2, 0.25) is 5.89 Å². The molecule has 0 fully saturated rings. The lowest BCUT2D eigenvalue weighted by Gasteiger charge is -2.26. The number of aromatic nitrogens is 1. The fourth-order valence-corrected chi connectivity index (χ4v) is 8.58. The molecule has 0 aliphatic heterocycles. The molecule has 10 rings (SSSR count). The van der Waals surface area contributed by atoms with Gasteiger partial charge in [-0.3, -0.25) is 0 Å². The van der Waals surface area contributed by atoms with Crippen molar-refractivity contribution in [2.45, 2.75) is 6.92 Å². The fourth-order valence-electron chi connectivity index (χ4n) is 7.44. The average Bonchev–Trinajstić information content (AvgIpc) is 3.77. The van der Waals surface area contributed by atoms with Crippen molar-refractivity contribution in [1.82, 2.24) is 4.98 Å². The number of aryl methyl sites for hydroxylation is 1. The number of oxazole rings is 1. The molecule has 0 amide bonds. The molecule has 3 nitrogen and oxygen atoms in total. The maximum atomic E-state index is 6.41. The Morgan fingerprint density at radius 1 is 0.520 bits per heavy atom. The summed E-state index contributed by atoms with van der Waals surface area (Å²) in [5.74, 6) is 0.628. The molecule has 50 heavy (non-hydrogen) atoms. The van der Waals surface area contributed by atoms with E-state index in [0.717, 1.165) is 49.9 Å². The maximum absolute atomic E-state index is 6.41. The van der Waals surface area contributed by atoms with Gasteiger partial charge in [-0.05, 0) is 107 Å². The van der Waals surface area contributed by atoms with E-state index in [2.05, 4.69) is 145 Å². The van der Waals surface area contributed by atoms with Crippen molar-refractivity contribution in [1.29, 1.82) is 0 Å². The van der Waals surface area contributed by atoms with E-state index in [1.54, 1.807) is 0 Å². The van der Waals surface area contributed by atoms with Crippen LogP contribution in [0.5, 0.6) is 0 Å². The predicted molar refractivity (Wildman–Crippen MR) is 212 cm³/mol. The van der Waals surface area contributed by atoms with Gasteiger partial charge in [-0.25, -0.2) is 4.98 Å². The van der Waals surface area contributed by atoms with E-state index < -0.39 is 0 Å². The van der Waals surface area contributed by atoms with Gasteiger partial charge < -0.3 is 9.32 Å². The van der Waals surface area contributed by atoms with Crippen molar-refractivity contribution in [3.05, 3.63) is 169 Å². The Morgan fingerprint density at radius 3 is 2.06 bits per heavy atom. The molecule has 0 N–H and O–H groups in total. The van der Waals surface area contributed by atoms with Crippen molar-refractivity contribution < 1.29 is 4.42 Å². The van der Waals surface area contributed by atoms with Gasteiger partial charge in [0, 0.05) is 48.2 Å². The summed E-state index contributed by atoms with van der Waals surface area (Å²) in [4.78, 5) is 7.52. The lowest BCUT2D eigenvalue weighted by molar-refractivity contribution is 0.620. The summed E-state index contributed by atoms with van der Waals surface area (Å²) in [6.07, 6.45) is 0. The molecule has 0 bridgehead atoms. The highest BCUT2D eigenvalue weighted by molar-refractivity contribution is 7.25. The van der Waals surface area contributed by atoms with Crippen LogP contribution in [-0.4, -0.2) is 4.98 Å². The molecule has 0 saturated carbocycles. The van der Waals surface area contributed by atoms with Crippen LogP contribution in [0.3, 0.4) is 0 Å². The lowest BCUT2D eigenvalue weighted by Crippen LogP contribution is -2.09. The number of thiophene rings is 1. The summed E-state index contributed by atoms with van der Waals surface area (Å²) in [5, 5.41) is 7.14. The van der Waals surface area contributed by atoms with Gasteiger partial charge in [0.25, 0.3) is 0 Å². The molecule has 0 unspecified atom stereocenters. The number of anilines is 3. The van der Waals surface area contributed by atoms with Crippen LogP contribution in [0.2, 0.25) is 0 Å². The molecular formula is C46H30N2OS. The van der Waals surface area contributed by atoms with Crippen molar-refractivity contribution in [2.24, 2.45) is 0 Å². The normalized spacial score (nSPS) is 11.7. The average molecular weight is 659 g/mol. The fraction of sp³-hybridized carbons (Fsp3) is 0.0217. The third kappa shape index (κ3) is 4.61. The van der Waals surface area contributed by atoms with Crippen LogP contribution in [0.1, 0.15) is 5.56 Å². The standard InChI is InChI=1S/C46H30N2OS/c1-29-12-8-9-17-35(29)39-26-31-20-25-41-45(47-46(49-41)30-13-4-2-5-14-30)44(31)40-27-33(21-23-36(39)40)48(32-15-6-3-7-16-32)34-22-24-38-37-18-10-11-19-42(37)50-43(38)28-34/h2-28H,1H3. The highest BCUT2D eigenvalue weighted by Gasteiger charge is 2.20. The maximum Gasteiger partial charge on any atom is 0.227 e. The Balaban J connectivity index is 1.26. The summed E-state index contributed by atoms with van der Waals surface area (Å²) in [6, 6.07) is 58.4. The first-order valence-corrected chi connectivity index (χ1v) is 17.7. The predicted octanol–water partition coefficient (Wildman–Crippen LogP) is 13.6. The number of nitrogens with zero attached hydrogens (tertiary/aromatic N) is 2. The Kier molecular flexibility index (Phi) is 6.58. The Morgan fingerprint density at radius 2 is 1.22 bits per heavy atom. The first kappa shape index (κ1) is 28.8. The first-order chi connectivity index (χ1) is 24.7. The minimum atomic E-state index is 0.628. The van der Waals surface area contributed by atoms with Crippen molar-refractivity contribution in [3.8, 4) is 22.6 Å². The molecule has 0 aliphatic rings. The van der Waals surface area contributed by atoms with Crippen LogP contribution in [0.15, 0.2) is 168 Å². The third-order valence-corrected chi connectivity index (χ3v) is 10.9. The molecule has 10 aromatic rings. The zero-order valence-corrected chi connectivity index (χ0v) is 28.1. The minimum Gasteiger partial charge on any atom is -0.436 e. The summed E-state index contributed by atoms with van der Waals surface area (Å²) in [6.45, 7) is 2.19. The summed E-state index contributed by atoms with van der Waals surface area (Å²) in [7, 11) is 0. The van der Waals surface area contributed by atoms with Crippen LogP contribution >= 0.6 is 11.3 Å². The molecule has 4 heteroatoms. The van der Waals surface area contributed by atoms with Crippen molar-refractivity contribution in [3.63, 3.8) is 0 Å². The lowest BCUT2D eigenvalue weighted by atomic mass is 9.90. The highest BCUT2D eigenvalue weighted by atomic mass is 32.1. The molecule has 0 spiro atoms. The van der Waals surface area contributed by atoms with E-state index in [1.165, 1.54) is 42.2 Å². The Labute approximate surface area is 293 Å². The number of hydrogen-bond donors (Lipinski definition) is 0. The summed E-state index contributed by atoms with van der Waals surface area (Å²) < 4.78 is 8.98. The number of fused-ring (bicyclic) bond motifs is 8. The largest absolute Gasteiger partial charge is 0.436 e. The van der Waals surface area contributed by atoms with Crippen LogP contribution in [0.4, 0.5) is 17.1 Å². The molecule has 2 heterocycles. The molecule has 0 radical (unpaired) electrons. The van der Waals surface area contributed by atoms with E-state index in [-0.39, 0.29) is 0 Å². The van der Waals surface area contributed by atoms with Crippen molar-refractivity contribution in [2.75, 3.05) is 4.90 Å². The Bertz CT molecular complexity index is 2890. The van der Waals surface area contributed by atoms with Crippen LogP contribution in [0, 0.1) is 6.92 Å². The van der Waals surface area contributed by atoms with Gasteiger partial charge in [0.15, 0.2) is 5.58 Å². The smallest absolute Gasteiger partial charge is 0.227 e. The molecule has 236 valence electrons. The SMILES string of the molecule is Cc1ccccc1-c1cc2ccc3oc(-c4ccccc4)nc3c2c2cc(N(c3ccccc3)c3ccc4c(c3)sc3ccccc34)ccc12. The van der Waals surface area contributed by atoms with E-state index in [0.29, 0.717) is 5.89 Å². The van der Waals surface area contributed by atoms with Gasteiger partial charge in [-0.15, -0.1) is 11.3 Å². The molecule has 8 aromatic carbocycles. The highest BCUT2D eigenvalue weighted by Crippen LogP contribution is 2.45. The monoisotopic (exact) mass is 658 g/mol. The van der Waals surface area contributed by atoms with E-state index >= 15 is 0 Å². The van der Waals surface area contributed by atoms with Crippen molar-refractivity contribution >= 4 is 81.2 Å². The molecular weight excluding hydrogens is 629 g/mol. The van der Waals surface area contributed by atoms with E-state index in [4.69, 9.17) is 9.40 Å². The van der Waals surface area contributed by atoms with Gasteiger partial charge in [-0.2, -0.15) is 0 Å². The second kappa shape index (κ2) is 11.4. The molecule has 0 saturated heterocycles. The molecule has 0 aliphatic carbocycles. The van der Waals surface area contributed by atoms with E-state index in [1.807, 2.05) is 41.7 Å². The molecule has 2 aromatic heterocycles. The quantitative estimate of drug-likeness (QED) is 0.172. The number of para-hydroxylation sites is 1. The van der Waals surface area contributed by atoms with Gasteiger partial charge in [0.1, 0.15) is 5.52 Å². The second-order valence-electron chi connectivity index (χ2n) is 12.8. The third-order valence-electron chi connectivity index (χ3n) is 9.80. The minimum absolute atomic E-state index is 0.628. The van der Waals surface area contributed by atoms with Crippen LogP contribution in [-0.2, 0) is 0 Å². The number of rotatable bonds is 5. The first-order valence-electron chi connectivity index (χ1n) is 16.9. The Hall–Kier alpha value is -6.23. The van der Waals surface area contributed by atoms with E-state index in [9.17, 15) is 0 Å². The van der Waals surface area contributed by atoms with Gasteiger partial charge in [-0.1, -0.05) is 97.1 Å². The number of hydrogen-bond acceptors (Lipinski definition) is 4. The number of benzene rings is 8. The molecule has 0 atom stereocenters. The van der Waals surface area contributed by atoms with Gasteiger partial charge >= 0.3 is 0 Å². The van der Waals surface area contributed by atoms with Crippen LogP contribution in [0.25, 0.3) is 75.4 Å². The zero-order valence-electron chi connectivity index (χ0n) is 27.3. The zero-order chi connectivity index (χ0) is 33.2. The summed E-state index contributed by atoms with van der Waals surface area (Å²) >= 11 is 1.85. The topological polar surface area (TPSA) is 29.3 Å². The second-order valence-corrected chi connectivity index (χ2v) is 13.9. The summed E-state index contributed by atoms with van der Waals surface area (Å²) in [5.41, 5.74) is 9.60.